The van der Waals surface area contributed by atoms with Gasteiger partial charge < -0.3 is 23.7 Å². The Hall–Kier alpha value is -2.82. The minimum atomic E-state index is -0.288. The molecule has 3 aliphatic rings. The van der Waals surface area contributed by atoms with Crippen molar-refractivity contribution in [3.63, 3.8) is 0 Å². The molecule has 0 amide bonds. The van der Waals surface area contributed by atoms with Gasteiger partial charge in [-0.25, -0.2) is 0 Å². The van der Waals surface area contributed by atoms with Crippen molar-refractivity contribution < 1.29 is 23.7 Å². The highest BCUT2D eigenvalue weighted by atomic mass is 16.5. The number of methoxy groups -OCH3 is 1. The highest BCUT2D eigenvalue weighted by Crippen LogP contribution is 2.50. The van der Waals surface area contributed by atoms with Crippen molar-refractivity contribution in [2.24, 2.45) is 0 Å². The van der Waals surface area contributed by atoms with Crippen molar-refractivity contribution in [1.82, 2.24) is 0 Å². The summed E-state index contributed by atoms with van der Waals surface area (Å²) in [5.41, 5.74) is 3.20. The minimum absolute atomic E-state index is 0.0870. The molecular weight excluding hydrogens is 356 g/mol. The summed E-state index contributed by atoms with van der Waals surface area (Å²) in [6.45, 7) is 4.71. The van der Waals surface area contributed by atoms with Crippen LogP contribution in [0.4, 0.5) is 0 Å². The molecule has 0 saturated heterocycles. The van der Waals surface area contributed by atoms with Gasteiger partial charge in [0.25, 0.3) is 5.75 Å². The van der Waals surface area contributed by atoms with Gasteiger partial charge in [-0.2, -0.15) is 0 Å². The zero-order valence-electron chi connectivity index (χ0n) is 16.7. The molecule has 2 N–H and O–H groups in total. The van der Waals surface area contributed by atoms with Crippen molar-refractivity contribution in [3.05, 3.63) is 47.0 Å². The van der Waals surface area contributed by atoms with Gasteiger partial charge in [0.05, 0.1) is 19.1 Å². The number of fused-ring (bicyclic) bond motifs is 6. The summed E-state index contributed by atoms with van der Waals surface area (Å²) in [7, 11) is 3.44. The minimum Gasteiger partial charge on any atom is -0.582 e. The molecular formula is C23H26O5+2. The first kappa shape index (κ1) is 17.3. The van der Waals surface area contributed by atoms with Crippen LogP contribution in [0.25, 0.3) is 6.08 Å². The number of aromatic hydroxyl groups is 2. The molecule has 0 radical (unpaired) electrons. The number of aliphatic hydroxyl groups is 2. The van der Waals surface area contributed by atoms with Gasteiger partial charge in [0.1, 0.15) is 22.7 Å². The lowest BCUT2D eigenvalue weighted by atomic mass is 9.82. The first-order valence-corrected chi connectivity index (χ1v) is 9.68. The van der Waals surface area contributed by atoms with E-state index in [0.29, 0.717) is 6.61 Å². The van der Waals surface area contributed by atoms with E-state index in [2.05, 4.69) is 48.9 Å². The van der Waals surface area contributed by atoms with Gasteiger partial charge in [0.15, 0.2) is 13.7 Å². The maximum atomic E-state index is 6.13. The molecule has 146 valence electrons. The van der Waals surface area contributed by atoms with Crippen LogP contribution < -0.4 is 14.2 Å². The number of hydrogen-bond donors (Lipinski definition) is 0. The van der Waals surface area contributed by atoms with E-state index in [1.165, 1.54) is 5.56 Å². The Bertz CT molecular complexity index is 975. The summed E-state index contributed by atoms with van der Waals surface area (Å²) < 4.78 is 27.1. The number of hydrogen-bond acceptors (Lipinski definition) is 3. The molecule has 0 saturated carbocycles. The third-order valence-electron chi connectivity index (χ3n) is 5.85. The van der Waals surface area contributed by atoms with E-state index in [1.54, 1.807) is 14.2 Å². The van der Waals surface area contributed by atoms with Gasteiger partial charge in [-0.3, -0.25) is 0 Å². The standard InChI is InChI=1S/C23H24O5/c1-23(2)8-7-14-17(28-23)6-5-13-9-15-16-10-19(24-3)20(25-4)11-18(16)26-12-21(15)27-22(13)14/h5-8,10-11,15,21H,9,12H2,1-4H3/p+2/t15-,21+/m0/s1. The molecule has 0 unspecified atom stereocenters. The quantitative estimate of drug-likeness (QED) is 0.735. The maximum absolute atomic E-state index is 6.13. The van der Waals surface area contributed by atoms with Crippen LogP contribution in [-0.4, -0.2) is 42.0 Å². The molecule has 0 spiro atoms. The number of ether oxygens (including phenoxy) is 5. The van der Waals surface area contributed by atoms with E-state index >= 15 is 0 Å². The predicted octanol–water partition coefficient (Wildman–Crippen LogP) is 4.09. The normalized spacial score (nSPS) is 23.0. The average molecular weight is 382 g/mol. The van der Waals surface area contributed by atoms with Crippen LogP contribution in [0.15, 0.2) is 30.3 Å². The Morgan fingerprint density at radius 2 is 2.07 bits per heavy atom. The molecule has 5 nitrogen and oxygen atoms in total. The van der Waals surface area contributed by atoms with E-state index in [0.717, 1.165) is 46.3 Å². The second kappa shape index (κ2) is 6.09. The molecule has 0 fully saturated rings. The molecule has 3 heterocycles. The number of rotatable bonds is 2. The molecule has 0 bridgehead atoms. The predicted molar refractivity (Wildman–Crippen MR) is 108 cm³/mol. The monoisotopic (exact) mass is 382 g/mol. The van der Waals surface area contributed by atoms with Crippen molar-refractivity contribution >= 4 is 6.08 Å². The highest BCUT2D eigenvalue weighted by Gasteiger charge is 2.43. The fourth-order valence-corrected chi connectivity index (χ4v) is 4.40. The first-order valence-electron chi connectivity index (χ1n) is 9.68. The molecule has 28 heavy (non-hydrogen) atoms. The van der Waals surface area contributed by atoms with Gasteiger partial charge >= 0.3 is 5.75 Å². The zero-order chi connectivity index (χ0) is 19.5. The van der Waals surface area contributed by atoms with Crippen LogP contribution in [0.2, 0.25) is 0 Å². The first-order chi connectivity index (χ1) is 13.5. The van der Waals surface area contributed by atoms with Crippen LogP contribution in [0, 0.1) is 0 Å². The van der Waals surface area contributed by atoms with Crippen molar-refractivity contribution in [2.45, 2.75) is 37.9 Å². The lowest BCUT2D eigenvalue weighted by molar-refractivity contribution is -0.0767. The molecule has 5 rings (SSSR count). The molecule has 3 aliphatic heterocycles. The Kier molecular flexibility index (Phi) is 3.76. The lowest BCUT2D eigenvalue weighted by Gasteiger charge is -2.37. The summed E-state index contributed by atoms with van der Waals surface area (Å²) in [6, 6.07) is 8.28. The fourth-order valence-electron chi connectivity index (χ4n) is 4.40. The van der Waals surface area contributed by atoms with E-state index in [-0.39, 0.29) is 17.6 Å². The van der Waals surface area contributed by atoms with Crippen LogP contribution >= 0.6 is 0 Å². The van der Waals surface area contributed by atoms with Gasteiger partial charge in [-0.15, -0.1) is 0 Å². The fraction of sp³-hybridized carbons (Fsp3) is 0.391. The van der Waals surface area contributed by atoms with Gasteiger partial charge in [0, 0.05) is 11.1 Å². The SMILES string of the molecule is COc1cc2c(cc1[OH+]C)OC[C@H]1[OH+]c3c(ccc4c3C=CC(C)(C)O4)C[C@@H]21. The smallest absolute Gasteiger partial charge is 0.301 e. The molecule has 2 aromatic rings. The summed E-state index contributed by atoms with van der Waals surface area (Å²) in [4.78, 5) is 0. The molecule has 0 aromatic heterocycles. The topological polar surface area (TPSA) is 53.3 Å². The summed E-state index contributed by atoms with van der Waals surface area (Å²) >= 11 is 0. The Morgan fingerprint density at radius 1 is 1.21 bits per heavy atom. The van der Waals surface area contributed by atoms with E-state index in [1.807, 2.05) is 6.07 Å². The van der Waals surface area contributed by atoms with Crippen molar-refractivity contribution in [1.29, 1.82) is 0 Å². The summed E-state index contributed by atoms with van der Waals surface area (Å²) in [5.74, 6) is 4.71. The lowest BCUT2D eigenvalue weighted by Crippen LogP contribution is -2.38. The Morgan fingerprint density at radius 3 is 2.86 bits per heavy atom. The maximum Gasteiger partial charge on any atom is 0.301 e. The Balaban J connectivity index is 1.55. The van der Waals surface area contributed by atoms with Crippen LogP contribution in [0.3, 0.4) is 0 Å². The molecule has 2 aromatic carbocycles. The molecule has 5 heteroatoms. The second-order valence-electron chi connectivity index (χ2n) is 8.13. The summed E-state index contributed by atoms with van der Waals surface area (Å²) in [5, 5.41) is 0. The zero-order valence-corrected chi connectivity index (χ0v) is 16.7. The van der Waals surface area contributed by atoms with Crippen molar-refractivity contribution in [3.8, 4) is 28.7 Å². The molecule has 0 aliphatic carbocycles. The highest BCUT2D eigenvalue weighted by molar-refractivity contribution is 5.69. The Labute approximate surface area is 164 Å². The van der Waals surface area contributed by atoms with Crippen molar-refractivity contribution in [2.75, 3.05) is 20.8 Å². The van der Waals surface area contributed by atoms with Crippen LogP contribution in [0.1, 0.15) is 36.5 Å². The van der Waals surface area contributed by atoms with E-state index in [9.17, 15) is 0 Å². The van der Waals surface area contributed by atoms with Gasteiger partial charge in [-0.1, -0.05) is 0 Å². The van der Waals surface area contributed by atoms with Gasteiger partial charge in [-0.05, 0) is 50.6 Å². The van der Waals surface area contributed by atoms with Gasteiger partial charge in [0.2, 0.25) is 11.9 Å². The molecule has 2 atom stereocenters. The third-order valence-corrected chi connectivity index (χ3v) is 5.85. The van der Waals surface area contributed by atoms with E-state index in [4.69, 9.17) is 18.9 Å². The number of benzene rings is 2. The largest absolute Gasteiger partial charge is 0.582 e. The second-order valence-corrected chi connectivity index (χ2v) is 8.13. The third kappa shape index (κ3) is 2.60. The van der Waals surface area contributed by atoms with Crippen LogP contribution in [-0.2, 0) is 6.42 Å². The van der Waals surface area contributed by atoms with Crippen LogP contribution in [0.5, 0.6) is 28.7 Å². The van der Waals surface area contributed by atoms with E-state index < -0.39 is 0 Å². The summed E-state index contributed by atoms with van der Waals surface area (Å²) in [6.07, 6.45) is 5.27. The average Bonchev–Trinajstić information content (AvgIpc) is 2.70.